The topological polar surface area (TPSA) is 62.7 Å². The predicted octanol–water partition coefficient (Wildman–Crippen LogP) is 5.50. The molecule has 0 atom stereocenters. The van der Waals surface area contributed by atoms with Gasteiger partial charge in [0, 0.05) is 17.6 Å². The van der Waals surface area contributed by atoms with Crippen LogP contribution in [0.5, 0.6) is 0 Å². The third-order valence-corrected chi connectivity index (χ3v) is 4.96. The van der Waals surface area contributed by atoms with Crippen LogP contribution in [0.2, 0.25) is 0 Å². The van der Waals surface area contributed by atoms with Crippen LogP contribution in [-0.2, 0) is 0 Å². The summed E-state index contributed by atoms with van der Waals surface area (Å²) in [5.74, 6) is 1.32. The van der Waals surface area contributed by atoms with Gasteiger partial charge < -0.3 is 10.6 Å². The largest absolute Gasteiger partial charge is 0.340 e. The Morgan fingerprint density at radius 3 is 2.50 bits per heavy atom. The molecule has 0 radical (unpaired) electrons. The summed E-state index contributed by atoms with van der Waals surface area (Å²) in [6, 6.07) is 12.2. The van der Waals surface area contributed by atoms with Crippen molar-refractivity contribution < 1.29 is 0 Å². The van der Waals surface area contributed by atoms with Crippen LogP contribution < -0.4 is 10.6 Å². The first-order valence-corrected chi connectivity index (χ1v) is 9.25. The molecule has 26 heavy (non-hydrogen) atoms. The molecule has 4 rings (SSSR count). The molecule has 2 N–H and O–H groups in total. The fourth-order valence-corrected chi connectivity index (χ4v) is 3.77. The first kappa shape index (κ1) is 16.5. The maximum atomic E-state index is 4.59. The van der Waals surface area contributed by atoms with Crippen LogP contribution in [0.1, 0.15) is 16.7 Å². The van der Waals surface area contributed by atoms with Crippen molar-refractivity contribution in [1.82, 2.24) is 15.0 Å². The average Bonchev–Trinajstić information content (AvgIpc) is 3.06. The van der Waals surface area contributed by atoms with Crippen molar-refractivity contribution in [3.05, 3.63) is 64.8 Å². The molecular formula is C20H19N5S. The van der Waals surface area contributed by atoms with Gasteiger partial charge in [-0.05, 0) is 56.2 Å². The molecule has 0 unspecified atom stereocenters. The zero-order valence-electron chi connectivity index (χ0n) is 14.9. The highest BCUT2D eigenvalue weighted by Crippen LogP contribution is 2.26. The van der Waals surface area contributed by atoms with E-state index in [2.05, 4.69) is 64.6 Å². The number of nitrogens with zero attached hydrogens (tertiary/aromatic N) is 3. The molecule has 5 nitrogen and oxygen atoms in total. The van der Waals surface area contributed by atoms with Gasteiger partial charge in [-0.15, -0.1) is 11.3 Å². The van der Waals surface area contributed by atoms with E-state index in [1.807, 2.05) is 23.7 Å². The van der Waals surface area contributed by atoms with E-state index in [0.29, 0.717) is 5.95 Å². The van der Waals surface area contributed by atoms with Gasteiger partial charge >= 0.3 is 0 Å². The van der Waals surface area contributed by atoms with Crippen molar-refractivity contribution in [3.63, 3.8) is 0 Å². The lowest BCUT2D eigenvalue weighted by molar-refractivity contribution is 1.16. The maximum absolute atomic E-state index is 4.59. The first-order valence-electron chi connectivity index (χ1n) is 8.37. The molecule has 130 valence electrons. The highest BCUT2D eigenvalue weighted by atomic mass is 32.1. The van der Waals surface area contributed by atoms with Gasteiger partial charge in [-0.3, -0.25) is 0 Å². The Bertz CT molecular complexity index is 1060. The number of hydrogen-bond acceptors (Lipinski definition) is 6. The Kier molecular flexibility index (Phi) is 4.26. The van der Waals surface area contributed by atoms with Crippen LogP contribution in [0.25, 0.3) is 10.2 Å². The van der Waals surface area contributed by atoms with Crippen molar-refractivity contribution >= 4 is 44.7 Å². The van der Waals surface area contributed by atoms with Gasteiger partial charge in [-0.2, -0.15) is 4.98 Å². The number of benzene rings is 2. The molecule has 0 bridgehead atoms. The van der Waals surface area contributed by atoms with Crippen LogP contribution in [0, 0.1) is 20.8 Å². The van der Waals surface area contributed by atoms with Crippen molar-refractivity contribution in [1.29, 1.82) is 0 Å². The zero-order valence-corrected chi connectivity index (χ0v) is 15.7. The van der Waals surface area contributed by atoms with Gasteiger partial charge in [0.05, 0.1) is 15.7 Å². The number of rotatable bonds is 4. The Morgan fingerprint density at radius 2 is 1.69 bits per heavy atom. The second-order valence-corrected chi connectivity index (χ2v) is 7.21. The van der Waals surface area contributed by atoms with E-state index in [-0.39, 0.29) is 0 Å². The third kappa shape index (κ3) is 3.36. The summed E-state index contributed by atoms with van der Waals surface area (Å²) in [6.07, 6.45) is 1.75. The molecule has 0 spiro atoms. The van der Waals surface area contributed by atoms with Crippen molar-refractivity contribution in [3.8, 4) is 0 Å². The van der Waals surface area contributed by atoms with Crippen molar-refractivity contribution in [2.24, 2.45) is 0 Å². The molecule has 0 fully saturated rings. The lowest BCUT2D eigenvalue weighted by Crippen LogP contribution is -2.02. The van der Waals surface area contributed by atoms with Gasteiger partial charge in [0.25, 0.3) is 0 Å². The summed E-state index contributed by atoms with van der Waals surface area (Å²) in [5.41, 5.74) is 8.54. The normalized spacial score (nSPS) is 10.9. The molecule has 0 aliphatic carbocycles. The summed E-state index contributed by atoms with van der Waals surface area (Å²) in [5, 5.41) is 6.69. The van der Waals surface area contributed by atoms with E-state index >= 15 is 0 Å². The van der Waals surface area contributed by atoms with Crippen LogP contribution in [-0.4, -0.2) is 15.0 Å². The summed E-state index contributed by atoms with van der Waals surface area (Å²) in [4.78, 5) is 13.2. The predicted molar refractivity (Wildman–Crippen MR) is 109 cm³/mol. The van der Waals surface area contributed by atoms with Gasteiger partial charge in [0.15, 0.2) is 0 Å². The minimum Gasteiger partial charge on any atom is -0.340 e. The van der Waals surface area contributed by atoms with E-state index in [0.717, 1.165) is 27.4 Å². The molecule has 4 aromatic rings. The van der Waals surface area contributed by atoms with Gasteiger partial charge in [-0.1, -0.05) is 17.7 Å². The van der Waals surface area contributed by atoms with E-state index < -0.39 is 0 Å². The monoisotopic (exact) mass is 361 g/mol. The van der Waals surface area contributed by atoms with Gasteiger partial charge in [-0.25, -0.2) is 9.97 Å². The second-order valence-electron chi connectivity index (χ2n) is 6.32. The molecular weight excluding hydrogens is 342 g/mol. The number of anilines is 4. The lowest BCUT2D eigenvalue weighted by Gasteiger charge is -2.14. The van der Waals surface area contributed by atoms with Crippen LogP contribution in [0.4, 0.5) is 23.1 Å². The minimum absolute atomic E-state index is 0.557. The fourth-order valence-electron chi connectivity index (χ4n) is 3.06. The summed E-state index contributed by atoms with van der Waals surface area (Å²) < 4.78 is 1.13. The van der Waals surface area contributed by atoms with Crippen molar-refractivity contribution in [2.45, 2.75) is 20.8 Å². The third-order valence-electron chi connectivity index (χ3n) is 4.17. The molecule has 0 amide bonds. The van der Waals surface area contributed by atoms with Crippen LogP contribution in [0.3, 0.4) is 0 Å². The number of fused-ring (bicyclic) bond motifs is 1. The van der Waals surface area contributed by atoms with E-state index in [4.69, 9.17) is 0 Å². The highest BCUT2D eigenvalue weighted by molar-refractivity contribution is 7.16. The number of nitrogens with one attached hydrogen (secondary N) is 2. The SMILES string of the molecule is Cc1cc(C)c(Nc2ccnc(Nc3ccc4ncsc4c3)n2)c(C)c1. The molecule has 2 heterocycles. The van der Waals surface area contributed by atoms with Crippen molar-refractivity contribution in [2.75, 3.05) is 10.6 Å². The highest BCUT2D eigenvalue weighted by Gasteiger charge is 2.07. The zero-order chi connectivity index (χ0) is 18.1. The van der Waals surface area contributed by atoms with Crippen LogP contribution >= 0.6 is 11.3 Å². The smallest absolute Gasteiger partial charge is 0.229 e. The quantitative estimate of drug-likeness (QED) is 0.502. The Labute approximate surface area is 156 Å². The first-order chi connectivity index (χ1) is 12.6. The molecule has 0 aliphatic heterocycles. The van der Waals surface area contributed by atoms with E-state index in [1.54, 1.807) is 17.5 Å². The second kappa shape index (κ2) is 6.72. The average molecular weight is 361 g/mol. The standard InChI is InChI=1S/C20H19N5S/c1-12-8-13(2)19(14(3)9-12)24-18-6-7-21-20(25-18)23-15-4-5-16-17(10-15)26-11-22-16/h4-11H,1-3H3,(H2,21,23,24,25). The molecule has 0 aliphatic rings. The maximum Gasteiger partial charge on any atom is 0.229 e. The summed E-state index contributed by atoms with van der Waals surface area (Å²) in [7, 11) is 0. The number of thiazole rings is 1. The number of hydrogen-bond donors (Lipinski definition) is 2. The molecule has 0 saturated heterocycles. The summed E-state index contributed by atoms with van der Waals surface area (Å²) in [6.45, 7) is 6.32. The molecule has 2 aromatic heterocycles. The van der Waals surface area contributed by atoms with E-state index in [9.17, 15) is 0 Å². The summed E-state index contributed by atoms with van der Waals surface area (Å²) >= 11 is 1.62. The van der Waals surface area contributed by atoms with Gasteiger partial charge in [0.1, 0.15) is 5.82 Å². The Hall–Kier alpha value is -2.99. The lowest BCUT2D eigenvalue weighted by atomic mass is 10.1. The van der Waals surface area contributed by atoms with Gasteiger partial charge in [0.2, 0.25) is 5.95 Å². The van der Waals surface area contributed by atoms with Crippen LogP contribution in [0.15, 0.2) is 48.1 Å². The number of aryl methyl sites for hydroxylation is 3. The molecule has 2 aromatic carbocycles. The number of aromatic nitrogens is 3. The fraction of sp³-hybridized carbons (Fsp3) is 0.150. The Morgan fingerprint density at radius 1 is 0.885 bits per heavy atom. The minimum atomic E-state index is 0.557. The molecule has 0 saturated carbocycles. The Balaban J connectivity index is 1.58. The molecule has 6 heteroatoms. The van der Waals surface area contributed by atoms with E-state index in [1.165, 1.54) is 16.7 Å².